The van der Waals surface area contributed by atoms with E-state index in [1.54, 1.807) is 6.26 Å². The molecule has 19 heavy (non-hydrogen) atoms. The number of alkyl halides is 3. The lowest BCUT2D eigenvalue weighted by Gasteiger charge is -2.32. The van der Waals surface area contributed by atoms with Gasteiger partial charge in [0.1, 0.15) is 5.76 Å². The van der Waals surface area contributed by atoms with E-state index in [0.29, 0.717) is 12.8 Å². The molecule has 1 heterocycles. The third-order valence-electron chi connectivity index (χ3n) is 3.80. The maximum Gasteiger partial charge on any atom is 0.391 e. The minimum absolute atomic E-state index is 0.198. The van der Waals surface area contributed by atoms with Crippen LogP contribution in [0.2, 0.25) is 0 Å². The van der Waals surface area contributed by atoms with Crippen molar-refractivity contribution < 1.29 is 17.6 Å². The second-order valence-corrected chi connectivity index (χ2v) is 5.44. The van der Waals surface area contributed by atoms with Crippen LogP contribution in [0.4, 0.5) is 13.2 Å². The highest BCUT2D eigenvalue weighted by Crippen LogP contribution is 2.37. The van der Waals surface area contributed by atoms with E-state index >= 15 is 0 Å². The van der Waals surface area contributed by atoms with Gasteiger partial charge in [-0.15, -0.1) is 0 Å². The molecule has 0 bridgehead atoms. The Kier molecular flexibility index (Phi) is 4.55. The molecule has 1 atom stereocenters. The number of hydrogen-bond donors (Lipinski definition) is 1. The summed E-state index contributed by atoms with van der Waals surface area (Å²) in [6.45, 7) is 2.04. The first kappa shape index (κ1) is 14.4. The molecule has 2 rings (SSSR count). The SMILES string of the molecule is CC(Cc1ccco1)NC1CCC(C(F)(F)F)CC1. The standard InChI is InChI=1S/C14H20F3NO/c1-10(9-13-3-2-8-19-13)18-12-6-4-11(5-7-12)14(15,16)17/h2-3,8,10-12,18H,4-7,9H2,1H3. The molecule has 1 aliphatic rings. The summed E-state index contributed by atoms with van der Waals surface area (Å²) in [5.74, 6) is -0.199. The topological polar surface area (TPSA) is 25.2 Å². The fourth-order valence-electron chi connectivity index (χ4n) is 2.78. The fraction of sp³-hybridized carbons (Fsp3) is 0.714. The molecule has 1 aromatic rings. The Hall–Kier alpha value is -0.970. The van der Waals surface area contributed by atoms with Crippen molar-refractivity contribution in [1.82, 2.24) is 5.32 Å². The highest BCUT2D eigenvalue weighted by molar-refractivity contribution is 5.00. The number of nitrogens with one attached hydrogen (secondary N) is 1. The highest BCUT2D eigenvalue weighted by Gasteiger charge is 2.41. The number of hydrogen-bond acceptors (Lipinski definition) is 2. The molecule has 0 aliphatic heterocycles. The van der Waals surface area contributed by atoms with E-state index in [4.69, 9.17) is 4.42 Å². The van der Waals surface area contributed by atoms with Crippen molar-refractivity contribution in [3.63, 3.8) is 0 Å². The third kappa shape index (κ3) is 4.27. The van der Waals surface area contributed by atoms with Crippen LogP contribution in [0.15, 0.2) is 22.8 Å². The first-order valence-corrected chi connectivity index (χ1v) is 6.80. The molecule has 2 nitrogen and oxygen atoms in total. The van der Waals surface area contributed by atoms with Crippen molar-refractivity contribution in [2.24, 2.45) is 5.92 Å². The third-order valence-corrected chi connectivity index (χ3v) is 3.80. The van der Waals surface area contributed by atoms with Crippen LogP contribution >= 0.6 is 0 Å². The van der Waals surface area contributed by atoms with E-state index in [-0.39, 0.29) is 24.9 Å². The molecule has 1 unspecified atom stereocenters. The first-order valence-electron chi connectivity index (χ1n) is 6.80. The van der Waals surface area contributed by atoms with Crippen LogP contribution in [0.3, 0.4) is 0 Å². The molecule has 1 fully saturated rings. The van der Waals surface area contributed by atoms with Gasteiger partial charge < -0.3 is 9.73 Å². The summed E-state index contributed by atoms with van der Waals surface area (Å²) < 4.78 is 42.9. The first-order chi connectivity index (χ1) is 8.95. The summed E-state index contributed by atoms with van der Waals surface area (Å²) in [4.78, 5) is 0. The summed E-state index contributed by atoms with van der Waals surface area (Å²) in [7, 11) is 0. The summed E-state index contributed by atoms with van der Waals surface area (Å²) in [5.41, 5.74) is 0. The van der Waals surface area contributed by atoms with Gasteiger partial charge in [0.25, 0.3) is 0 Å². The van der Waals surface area contributed by atoms with Crippen LogP contribution in [-0.4, -0.2) is 18.3 Å². The quantitative estimate of drug-likeness (QED) is 0.901. The van der Waals surface area contributed by atoms with E-state index in [2.05, 4.69) is 5.32 Å². The van der Waals surface area contributed by atoms with Crippen molar-refractivity contribution in [3.05, 3.63) is 24.2 Å². The zero-order valence-corrected chi connectivity index (χ0v) is 11.0. The number of furan rings is 1. The van der Waals surface area contributed by atoms with Gasteiger partial charge in [0.2, 0.25) is 0 Å². The van der Waals surface area contributed by atoms with Crippen LogP contribution in [0.1, 0.15) is 38.4 Å². The maximum absolute atomic E-state index is 12.6. The molecule has 108 valence electrons. The van der Waals surface area contributed by atoms with Gasteiger partial charge in [0.05, 0.1) is 12.2 Å². The van der Waals surface area contributed by atoms with E-state index in [0.717, 1.165) is 12.2 Å². The average Bonchev–Trinajstić information content (AvgIpc) is 2.81. The summed E-state index contributed by atoms with van der Waals surface area (Å²) in [5, 5.41) is 3.40. The summed E-state index contributed by atoms with van der Waals surface area (Å²) >= 11 is 0. The summed E-state index contributed by atoms with van der Waals surface area (Å²) in [6.07, 6.45) is 0.0795. The zero-order valence-electron chi connectivity index (χ0n) is 11.0. The lowest BCUT2D eigenvalue weighted by molar-refractivity contribution is -0.182. The van der Waals surface area contributed by atoms with Crippen molar-refractivity contribution in [2.75, 3.05) is 0 Å². The van der Waals surface area contributed by atoms with Gasteiger partial charge in [-0.3, -0.25) is 0 Å². The molecule has 1 aromatic heterocycles. The van der Waals surface area contributed by atoms with Gasteiger partial charge >= 0.3 is 6.18 Å². The lowest BCUT2D eigenvalue weighted by Crippen LogP contribution is -2.41. The summed E-state index contributed by atoms with van der Waals surface area (Å²) in [6, 6.07) is 4.18. The van der Waals surface area contributed by atoms with E-state index in [1.807, 2.05) is 19.1 Å². The Morgan fingerprint density at radius 3 is 2.53 bits per heavy atom. The van der Waals surface area contributed by atoms with Gasteiger partial charge in [0.15, 0.2) is 0 Å². The van der Waals surface area contributed by atoms with Crippen LogP contribution in [0, 0.1) is 5.92 Å². The predicted molar refractivity (Wildman–Crippen MR) is 66.8 cm³/mol. The number of rotatable bonds is 4. The normalized spacial score (nSPS) is 26.3. The van der Waals surface area contributed by atoms with Crippen molar-refractivity contribution in [2.45, 2.75) is 57.3 Å². The second kappa shape index (κ2) is 5.99. The smallest absolute Gasteiger partial charge is 0.391 e. The van der Waals surface area contributed by atoms with Crippen molar-refractivity contribution in [3.8, 4) is 0 Å². The Labute approximate surface area is 111 Å². The number of halogens is 3. The Morgan fingerprint density at radius 1 is 1.32 bits per heavy atom. The van der Waals surface area contributed by atoms with Gasteiger partial charge in [-0.25, -0.2) is 0 Å². The minimum atomic E-state index is -4.02. The van der Waals surface area contributed by atoms with Crippen molar-refractivity contribution in [1.29, 1.82) is 0 Å². The molecule has 0 spiro atoms. The van der Waals surface area contributed by atoms with Crippen molar-refractivity contribution >= 4 is 0 Å². The molecule has 5 heteroatoms. The van der Waals surface area contributed by atoms with Crippen LogP contribution in [0.25, 0.3) is 0 Å². The van der Waals surface area contributed by atoms with E-state index in [9.17, 15) is 13.2 Å². The molecule has 0 radical (unpaired) electrons. The lowest BCUT2D eigenvalue weighted by atomic mass is 9.85. The second-order valence-electron chi connectivity index (χ2n) is 5.44. The van der Waals surface area contributed by atoms with Gasteiger partial charge in [0, 0.05) is 18.5 Å². The molecule has 0 amide bonds. The zero-order chi connectivity index (χ0) is 13.9. The van der Waals surface area contributed by atoms with Gasteiger partial charge in [-0.1, -0.05) is 0 Å². The van der Waals surface area contributed by atoms with Crippen LogP contribution in [-0.2, 0) is 6.42 Å². The highest BCUT2D eigenvalue weighted by atomic mass is 19.4. The minimum Gasteiger partial charge on any atom is -0.469 e. The van der Waals surface area contributed by atoms with Gasteiger partial charge in [-0.2, -0.15) is 13.2 Å². The van der Waals surface area contributed by atoms with E-state index < -0.39 is 12.1 Å². The molecule has 1 saturated carbocycles. The predicted octanol–water partition coefficient (Wildman–Crippen LogP) is 3.92. The molecule has 1 aliphatic carbocycles. The maximum atomic E-state index is 12.6. The van der Waals surface area contributed by atoms with Gasteiger partial charge in [-0.05, 0) is 44.7 Å². The Morgan fingerprint density at radius 2 is 2.00 bits per heavy atom. The fourth-order valence-corrected chi connectivity index (χ4v) is 2.78. The largest absolute Gasteiger partial charge is 0.469 e. The molecular weight excluding hydrogens is 255 g/mol. The van der Waals surface area contributed by atoms with Crippen LogP contribution < -0.4 is 5.32 Å². The average molecular weight is 275 g/mol. The molecule has 1 N–H and O–H groups in total. The monoisotopic (exact) mass is 275 g/mol. The Bertz CT molecular complexity index is 367. The molecular formula is C14H20F3NO. The van der Waals surface area contributed by atoms with Crippen LogP contribution in [0.5, 0.6) is 0 Å². The van der Waals surface area contributed by atoms with E-state index in [1.165, 1.54) is 0 Å². The molecule has 0 aromatic carbocycles. The molecule has 0 saturated heterocycles. The Balaban J connectivity index is 1.73.